The molecule has 2 aromatic rings. The van der Waals surface area contributed by atoms with Crippen LogP contribution in [0.2, 0.25) is 10.0 Å². The smallest absolute Gasteiger partial charge is 0.265 e. The second-order valence-corrected chi connectivity index (χ2v) is 7.48. The lowest BCUT2D eigenvalue weighted by molar-refractivity contribution is -0.126. The van der Waals surface area contributed by atoms with E-state index in [4.69, 9.17) is 32.7 Å². The number of hydrogen-bond donors (Lipinski definition) is 2. The van der Waals surface area contributed by atoms with Gasteiger partial charge in [0.15, 0.2) is 12.7 Å². The Morgan fingerprint density at radius 1 is 1.19 bits per heavy atom. The molecule has 2 N–H and O–H groups in total. The second-order valence-electron chi connectivity index (χ2n) is 6.64. The number of carbonyl (C=O) groups is 2. The summed E-state index contributed by atoms with van der Waals surface area (Å²) in [4.78, 5) is 24.2. The number of hydrogen-bond acceptors (Lipinski definition) is 4. The molecule has 1 heterocycles. The molecule has 1 aliphatic heterocycles. The van der Waals surface area contributed by atoms with E-state index in [1.807, 2.05) is 0 Å². The van der Waals surface area contributed by atoms with Crippen LogP contribution in [0.1, 0.15) is 12.0 Å². The minimum atomic E-state index is -0.760. The van der Waals surface area contributed by atoms with E-state index >= 15 is 0 Å². The van der Waals surface area contributed by atoms with Crippen LogP contribution in [0.4, 0.5) is 4.39 Å². The molecule has 31 heavy (non-hydrogen) atoms. The molecule has 0 saturated carbocycles. The molecule has 162 valence electrons. The zero-order valence-electron chi connectivity index (χ0n) is 16.3. The van der Waals surface area contributed by atoms with Crippen molar-refractivity contribution in [2.24, 2.45) is 0 Å². The van der Waals surface area contributed by atoms with Crippen molar-refractivity contribution in [1.29, 1.82) is 0 Å². The van der Waals surface area contributed by atoms with Crippen LogP contribution in [0.15, 0.2) is 54.8 Å². The summed E-state index contributed by atoms with van der Waals surface area (Å²) in [6, 6.07) is 9.03. The highest BCUT2D eigenvalue weighted by molar-refractivity contribution is 6.31. The number of fused-ring (bicyclic) bond motifs is 1. The Morgan fingerprint density at radius 2 is 2.00 bits per heavy atom. The van der Waals surface area contributed by atoms with Gasteiger partial charge >= 0.3 is 0 Å². The number of nitrogens with one attached hydrogen (secondary N) is 2. The molecule has 0 saturated heterocycles. The molecular weight excluding hydrogens is 446 g/mol. The zero-order valence-corrected chi connectivity index (χ0v) is 17.8. The van der Waals surface area contributed by atoms with Crippen LogP contribution in [0.25, 0.3) is 6.08 Å². The fourth-order valence-corrected chi connectivity index (χ4v) is 3.01. The Balaban J connectivity index is 1.37. The fourth-order valence-electron chi connectivity index (χ4n) is 2.71. The van der Waals surface area contributed by atoms with Crippen LogP contribution in [0.5, 0.6) is 11.5 Å². The monoisotopic (exact) mass is 464 g/mol. The number of carbonyl (C=O) groups excluding carboxylic acids is 2. The van der Waals surface area contributed by atoms with Gasteiger partial charge in [0, 0.05) is 35.3 Å². The summed E-state index contributed by atoms with van der Waals surface area (Å²) in [5.74, 6) is -0.656. The van der Waals surface area contributed by atoms with Crippen LogP contribution < -0.4 is 20.1 Å². The van der Waals surface area contributed by atoms with Crippen LogP contribution in [-0.2, 0) is 9.59 Å². The van der Waals surface area contributed by atoms with E-state index < -0.39 is 17.8 Å². The number of ether oxygens (including phenoxy) is 2. The lowest BCUT2D eigenvalue weighted by Crippen LogP contribution is -2.39. The molecule has 2 amide bonds. The van der Waals surface area contributed by atoms with Gasteiger partial charge in [0.05, 0.1) is 5.02 Å². The van der Waals surface area contributed by atoms with Gasteiger partial charge in [-0.25, -0.2) is 4.39 Å². The van der Waals surface area contributed by atoms with Crippen LogP contribution >= 0.6 is 23.2 Å². The van der Waals surface area contributed by atoms with Gasteiger partial charge < -0.3 is 20.1 Å². The van der Waals surface area contributed by atoms with Crippen molar-refractivity contribution in [3.05, 3.63) is 76.2 Å². The molecule has 1 atom stereocenters. The maximum atomic E-state index is 13.4. The van der Waals surface area contributed by atoms with Gasteiger partial charge in [-0.1, -0.05) is 35.9 Å². The SMILES string of the molecule is C=C(CCNC(=O)[C@@H]1C=Cc2cc(Cl)ccc2O1)NC(=O)COc1ccc(Cl)c(F)c1. The van der Waals surface area contributed by atoms with Crippen molar-refractivity contribution in [2.45, 2.75) is 12.5 Å². The fraction of sp³-hybridized carbons (Fsp3) is 0.182. The van der Waals surface area contributed by atoms with Crippen molar-refractivity contribution in [3.63, 3.8) is 0 Å². The van der Waals surface area contributed by atoms with Gasteiger partial charge in [-0.2, -0.15) is 0 Å². The maximum Gasteiger partial charge on any atom is 0.265 e. The number of rotatable bonds is 8. The second kappa shape index (κ2) is 10.3. The summed E-state index contributed by atoms with van der Waals surface area (Å²) < 4.78 is 24.2. The Hall–Kier alpha value is -3.03. The molecule has 3 rings (SSSR count). The Bertz CT molecular complexity index is 1040. The van der Waals surface area contributed by atoms with Crippen LogP contribution in [0.3, 0.4) is 0 Å². The molecule has 6 nitrogen and oxygen atoms in total. The van der Waals surface area contributed by atoms with Gasteiger partial charge in [-0.15, -0.1) is 0 Å². The molecule has 0 aromatic heterocycles. The lowest BCUT2D eigenvalue weighted by Gasteiger charge is -2.21. The Kier molecular flexibility index (Phi) is 7.55. The summed E-state index contributed by atoms with van der Waals surface area (Å²) in [5.41, 5.74) is 1.20. The molecule has 0 radical (unpaired) electrons. The van der Waals surface area contributed by atoms with E-state index in [0.717, 1.165) is 11.6 Å². The van der Waals surface area contributed by atoms with E-state index in [0.29, 0.717) is 22.9 Å². The van der Waals surface area contributed by atoms with Crippen molar-refractivity contribution in [3.8, 4) is 11.5 Å². The van der Waals surface area contributed by atoms with Gasteiger partial charge in [0.1, 0.15) is 17.3 Å². The first-order valence-electron chi connectivity index (χ1n) is 9.29. The topological polar surface area (TPSA) is 76.7 Å². The third-order valence-corrected chi connectivity index (χ3v) is 4.78. The lowest BCUT2D eigenvalue weighted by atomic mass is 10.1. The number of amides is 2. The van der Waals surface area contributed by atoms with E-state index in [2.05, 4.69) is 17.2 Å². The first-order chi connectivity index (χ1) is 14.8. The zero-order chi connectivity index (χ0) is 22.4. The predicted octanol–water partition coefficient (Wildman–Crippen LogP) is 4.12. The van der Waals surface area contributed by atoms with Gasteiger partial charge in [0.2, 0.25) is 0 Å². The summed E-state index contributed by atoms with van der Waals surface area (Å²) in [5, 5.41) is 5.84. The van der Waals surface area contributed by atoms with E-state index in [-0.39, 0.29) is 29.8 Å². The van der Waals surface area contributed by atoms with Gasteiger partial charge in [-0.3, -0.25) is 9.59 Å². The summed E-state index contributed by atoms with van der Waals surface area (Å²) in [6.45, 7) is 3.68. The summed E-state index contributed by atoms with van der Waals surface area (Å²) in [7, 11) is 0. The van der Waals surface area contributed by atoms with Crippen LogP contribution in [0, 0.1) is 5.82 Å². The standard InChI is InChI=1S/C22H19Cl2FN2O4/c1-13(27-21(28)12-30-16-4-5-17(24)18(25)11-16)8-9-26-22(29)20-6-2-14-10-15(23)3-7-19(14)31-20/h2-7,10-11,20H,1,8-9,12H2,(H,26,29)(H,27,28)/t20-/m0/s1. The van der Waals surface area contributed by atoms with E-state index in [1.165, 1.54) is 12.1 Å². The summed E-state index contributed by atoms with van der Waals surface area (Å²) >= 11 is 11.5. The molecule has 2 aromatic carbocycles. The van der Waals surface area contributed by atoms with E-state index in [9.17, 15) is 14.0 Å². The van der Waals surface area contributed by atoms with Crippen LogP contribution in [-0.4, -0.2) is 31.1 Å². The van der Waals surface area contributed by atoms with Crippen molar-refractivity contribution >= 4 is 41.1 Å². The average molecular weight is 465 g/mol. The highest BCUT2D eigenvalue weighted by Gasteiger charge is 2.21. The first kappa shape index (κ1) is 22.7. The molecule has 0 fully saturated rings. The number of benzene rings is 2. The normalized spacial score (nSPS) is 14.2. The largest absolute Gasteiger partial charge is 0.484 e. The molecule has 0 unspecified atom stereocenters. The van der Waals surface area contributed by atoms with E-state index in [1.54, 1.807) is 30.4 Å². The average Bonchev–Trinajstić information content (AvgIpc) is 2.74. The van der Waals surface area contributed by atoms with Gasteiger partial charge in [-0.05, 0) is 36.4 Å². The maximum absolute atomic E-state index is 13.4. The first-order valence-corrected chi connectivity index (χ1v) is 10.0. The molecular formula is C22H19Cl2FN2O4. The predicted molar refractivity (Wildman–Crippen MR) is 117 cm³/mol. The molecule has 1 aliphatic rings. The van der Waals surface area contributed by atoms with Crippen molar-refractivity contribution < 1.29 is 23.5 Å². The van der Waals surface area contributed by atoms with Crippen molar-refractivity contribution in [1.82, 2.24) is 10.6 Å². The van der Waals surface area contributed by atoms with Gasteiger partial charge in [0.25, 0.3) is 11.8 Å². The quantitative estimate of drug-likeness (QED) is 0.615. The summed E-state index contributed by atoms with van der Waals surface area (Å²) in [6.07, 6.45) is 2.97. The third kappa shape index (κ3) is 6.47. The minimum absolute atomic E-state index is 0.0325. The Morgan fingerprint density at radius 3 is 2.77 bits per heavy atom. The highest BCUT2D eigenvalue weighted by Crippen LogP contribution is 2.28. The Labute approximate surface area is 188 Å². The molecule has 9 heteroatoms. The van der Waals surface area contributed by atoms with Crippen molar-refractivity contribution in [2.75, 3.05) is 13.2 Å². The minimum Gasteiger partial charge on any atom is -0.484 e. The molecule has 0 bridgehead atoms. The third-order valence-electron chi connectivity index (χ3n) is 4.24. The molecule has 0 aliphatic carbocycles. The molecule has 0 spiro atoms. The highest BCUT2D eigenvalue weighted by atomic mass is 35.5. The number of halogens is 3.